The maximum Gasteiger partial charge on any atom is 1.00 e. The number of aliphatic carboxylic acids is 1. The zero-order valence-corrected chi connectivity index (χ0v) is 18.4. The Hall–Kier alpha value is -2.48. The molecule has 0 amide bonds. The first-order chi connectivity index (χ1) is 13.5. The summed E-state index contributed by atoms with van der Waals surface area (Å²) in [6, 6.07) is 8.54. The number of rotatable bonds is 5. The maximum absolute atomic E-state index is 13.2. The van der Waals surface area contributed by atoms with Crippen LogP contribution in [0.2, 0.25) is 0 Å². The van der Waals surface area contributed by atoms with E-state index in [1.807, 2.05) is 6.92 Å². The van der Waals surface area contributed by atoms with Gasteiger partial charge in [0.1, 0.15) is 23.7 Å². The Morgan fingerprint density at radius 3 is 2.66 bits per heavy atom. The number of benzene rings is 2. The molecular weight excluding hydrogens is 387 g/mol. The third kappa shape index (κ3) is 3.99. The second-order valence-corrected chi connectivity index (χ2v) is 6.40. The second-order valence-electron chi connectivity index (χ2n) is 6.40. The van der Waals surface area contributed by atoms with Gasteiger partial charge in [0.25, 0.3) is 0 Å². The summed E-state index contributed by atoms with van der Waals surface area (Å²) < 4.78 is 21.9. The van der Waals surface area contributed by atoms with Crippen molar-refractivity contribution < 1.29 is 58.1 Å². The third-order valence-corrected chi connectivity index (χ3v) is 4.64. The summed E-state index contributed by atoms with van der Waals surface area (Å²) in [5.41, 5.74) is 1.97. The average molecular weight is 404 g/mol. The monoisotopic (exact) mass is 404 g/mol. The Morgan fingerprint density at radius 2 is 1.93 bits per heavy atom. The zero-order valence-electron chi connectivity index (χ0n) is 16.4. The molecule has 0 aliphatic carbocycles. The van der Waals surface area contributed by atoms with Crippen LogP contribution in [0.25, 0.3) is 22.1 Å². The molecule has 2 heterocycles. The normalized spacial score (nSPS) is 11.9. The van der Waals surface area contributed by atoms with Crippen LogP contribution in [-0.2, 0) is 11.2 Å². The maximum atomic E-state index is 13.2. The quantitative estimate of drug-likeness (QED) is 0.513. The van der Waals surface area contributed by atoms with Gasteiger partial charge in [0, 0.05) is 6.07 Å². The summed E-state index contributed by atoms with van der Waals surface area (Å²) in [4.78, 5) is 23.9. The van der Waals surface area contributed by atoms with Gasteiger partial charge in [-0.2, -0.15) is 0 Å². The molecule has 0 radical (unpaired) electrons. The van der Waals surface area contributed by atoms with E-state index in [-0.39, 0.29) is 41.8 Å². The molecule has 0 bridgehead atoms. The number of carbonyl (C=O) groups is 1. The number of ether oxygens (including phenoxy) is 3. The molecular formula is C21H17NaO7. The van der Waals surface area contributed by atoms with Crippen molar-refractivity contribution >= 4 is 16.9 Å². The molecule has 8 heteroatoms. The number of fused-ring (bicyclic) bond motifs is 2. The Bertz CT molecular complexity index is 1150. The molecule has 144 valence electrons. The van der Waals surface area contributed by atoms with Crippen LogP contribution in [0.1, 0.15) is 18.2 Å². The summed E-state index contributed by atoms with van der Waals surface area (Å²) in [6.45, 7) is 3.17. The van der Waals surface area contributed by atoms with E-state index in [0.717, 1.165) is 0 Å². The fraction of sp³-hybridized carbons (Fsp3) is 0.238. The first kappa shape index (κ1) is 21.2. The number of carboxylic acid groups (broad SMARTS) is 1. The third-order valence-electron chi connectivity index (χ3n) is 4.64. The molecule has 0 saturated heterocycles. The van der Waals surface area contributed by atoms with E-state index in [2.05, 4.69) is 0 Å². The van der Waals surface area contributed by atoms with Crippen LogP contribution in [-0.4, -0.2) is 19.4 Å². The molecule has 0 N–H and O–H groups in total. The number of hydrogen-bond acceptors (Lipinski definition) is 7. The van der Waals surface area contributed by atoms with Gasteiger partial charge in [-0.15, -0.1) is 0 Å². The SMILES string of the molecule is CCc1cc2c(=O)c(-c3ccc4c(c3)OCO4)c(C)oc2cc1OCC(=O)[O-].[Na+]. The van der Waals surface area contributed by atoms with Crippen molar-refractivity contribution in [3.05, 3.63) is 51.9 Å². The molecule has 0 unspecified atom stereocenters. The molecule has 1 aliphatic rings. The molecule has 1 aliphatic heterocycles. The molecule has 2 aromatic carbocycles. The smallest absolute Gasteiger partial charge is 0.546 e. The Kier molecular flexibility index (Phi) is 6.21. The van der Waals surface area contributed by atoms with Crippen molar-refractivity contribution in [1.82, 2.24) is 0 Å². The predicted octanol–water partition coefficient (Wildman–Crippen LogP) is -0.808. The van der Waals surface area contributed by atoms with Crippen molar-refractivity contribution in [3.8, 4) is 28.4 Å². The van der Waals surface area contributed by atoms with Crippen LogP contribution in [0.5, 0.6) is 17.2 Å². The topological polar surface area (TPSA) is 98.0 Å². The van der Waals surface area contributed by atoms with Gasteiger partial charge < -0.3 is 28.5 Å². The fourth-order valence-corrected chi connectivity index (χ4v) is 3.31. The van der Waals surface area contributed by atoms with Gasteiger partial charge in [0.2, 0.25) is 12.2 Å². The number of carbonyl (C=O) groups excluding carboxylic acids is 1. The summed E-state index contributed by atoms with van der Waals surface area (Å²) in [5.74, 6) is 0.688. The van der Waals surface area contributed by atoms with Gasteiger partial charge in [-0.25, -0.2) is 0 Å². The van der Waals surface area contributed by atoms with Crippen LogP contribution >= 0.6 is 0 Å². The predicted molar refractivity (Wildman–Crippen MR) is 98.7 cm³/mol. The molecule has 1 aromatic heterocycles. The van der Waals surface area contributed by atoms with Crippen molar-refractivity contribution in [1.29, 1.82) is 0 Å². The minimum absolute atomic E-state index is 0. The second kappa shape index (κ2) is 8.49. The molecule has 0 saturated carbocycles. The van der Waals surface area contributed by atoms with Crippen LogP contribution < -0.4 is 54.3 Å². The summed E-state index contributed by atoms with van der Waals surface area (Å²) in [6.07, 6.45) is 0.561. The van der Waals surface area contributed by atoms with Crippen LogP contribution in [0.3, 0.4) is 0 Å². The largest absolute Gasteiger partial charge is 1.00 e. The summed E-state index contributed by atoms with van der Waals surface area (Å²) in [7, 11) is 0. The molecule has 29 heavy (non-hydrogen) atoms. The molecule has 7 nitrogen and oxygen atoms in total. The van der Waals surface area contributed by atoms with Crippen molar-refractivity contribution in [2.75, 3.05) is 13.4 Å². The van der Waals surface area contributed by atoms with Crippen molar-refractivity contribution in [2.45, 2.75) is 20.3 Å². The van der Waals surface area contributed by atoms with E-state index < -0.39 is 12.6 Å². The molecule has 4 rings (SSSR count). The molecule has 0 atom stereocenters. The van der Waals surface area contributed by atoms with Gasteiger partial charge in [-0.1, -0.05) is 13.0 Å². The Labute approximate surface area is 188 Å². The van der Waals surface area contributed by atoms with Gasteiger partial charge in [0.05, 0.1) is 16.9 Å². The van der Waals surface area contributed by atoms with E-state index in [9.17, 15) is 14.7 Å². The number of aryl methyl sites for hydroxylation is 2. The van der Waals surface area contributed by atoms with E-state index in [4.69, 9.17) is 18.6 Å². The van der Waals surface area contributed by atoms with Crippen LogP contribution in [0.4, 0.5) is 0 Å². The van der Waals surface area contributed by atoms with Gasteiger partial charge in [-0.3, -0.25) is 4.79 Å². The first-order valence-electron chi connectivity index (χ1n) is 8.81. The van der Waals surface area contributed by atoms with Crippen LogP contribution in [0.15, 0.2) is 39.5 Å². The van der Waals surface area contributed by atoms with Crippen molar-refractivity contribution in [2.24, 2.45) is 0 Å². The number of carboxylic acids is 1. The van der Waals surface area contributed by atoms with E-state index in [1.165, 1.54) is 0 Å². The van der Waals surface area contributed by atoms with Crippen molar-refractivity contribution in [3.63, 3.8) is 0 Å². The Balaban J connectivity index is 0.00000240. The molecule has 0 fully saturated rings. The number of hydrogen-bond donors (Lipinski definition) is 0. The first-order valence-corrected chi connectivity index (χ1v) is 8.81. The van der Waals surface area contributed by atoms with E-state index >= 15 is 0 Å². The standard InChI is InChI=1S/C21H18O7.Na/c1-3-12-6-14-17(8-16(12)25-9-19(22)23)28-11(2)20(21(14)24)13-4-5-15-18(7-13)27-10-26-15;/h4-8H,3,9-10H2,1-2H3,(H,22,23);/q;+1/p-1. The summed E-state index contributed by atoms with van der Waals surface area (Å²) >= 11 is 0. The summed E-state index contributed by atoms with van der Waals surface area (Å²) in [5, 5.41) is 11.1. The average Bonchev–Trinajstić information content (AvgIpc) is 3.13. The fourth-order valence-electron chi connectivity index (χ4n) is 3.31. The Morgan fingerprint density at radius 1 is 1.17 bits per heavy atom. The van der Waals surface area contributed by atoms with Gasteiger partial charge in [0.15, 0.2) is 11.5 Å². The zero-order chi connectivity index (χ0) is 19.8. The minimum atomic E-state index is -1.32. The minimum Gasteiger partial charge on any atom is -0.546 e. The van der Waals surface area contributed by atoms with Gasteiger partial charge in [-0.05, 0) is 42.7 Å². The van der Waals surface area contributed by atoms with E-state index in [1.54, 1.807) is 37.3 Å². The van der Waals surface area contributed by atoms with E-state index in [0.29, 0.717) is 57.1 Å². The van der Waals surface area contributed by atoms with Gasteiger partial charge >= 0.3 is 29.6 Å². The molecule has 0 spiro atoms. The molecule has 3 aromatic rings. The van der Waals surface area contributed by atoms with Crippen LogP contribution in [0, 0.1) is 6.92 Å².